The molecule has 1 aliphatic rings. The molecule has 0 aliphatic heterocycles. The number of urea groups is 1. The molecule has 0 radical (unpaired) electrons. The Hall–Kier alpha value is -2.08. The first-order valence-corrected chi connectivity index (χ1v) is 7.80. The molecule has 0 unspecified atom stereocenters. The first-order chi connectivity index (χ1) is 10.6. The van der Waals surface area contributed by atoms with Gasteiger partial charge in [0.05, 0.1) is 6.54 Å². The van der Waals surface area contributed by atoms with Gasteiger partial charge in [-0.1, -0.05) is 13.8 Å². The van der Waals surface area contributed by atoms with Crippen LogP contribution in [0.1, 0.15) is 26.7 Å². The van der Waals surface area contributed by atoms with Gasteiger partial charge in [-0.25, -0.2) is 4.79 Å². The molecular formula is C16H24N4O2. The van der Waals surface area contributed by atoms with Crippen LogP contribution in [0.2, 0.25) is 0 Å². The number of hydrogen-bond acceptors (Lipinski definition) is 3. The maximum Gasteiger partial charge on any atom is 0.319 e. The van der Waals surface area contributed by atoms with Gasteiger partial charge in [-0.3, -0.25) is 9.69 Å². The van der Waals surface area contributed by atoms with Gasteiger partial charge in [0.2, 0.25) is 5.91 Å². The van der Waals surface area contributed by atoms with Crippen molar-refractivity contribution in [2.45, 2.75) is 32.7 Å². The summed E-state index contributed by atoms with van der Waals surface area (Å²) in [4.78, 5) is 25.6. The number of anilines is 2. The van der Waals surface area contributed by atoms with Gasteiger partial charge in [0.15, 0.2) is 0 Å². The third kappa shape index (κ3) is 5.37. The fraction of sp³-hybridized carbons (Fsp3) is 0.500. The zero-order chi connectivity index (χ0) is 15.9. The van der Waals surface area contributed by atoms with Crippen LogP contribution in [0.3, 0.4) is 0 Å². The maximum absolute atomic E-state index is 11.9. The molecule has 0 aromatic heterocycles. The Morgan fingerprint density at radius 2 is 1.59 bits per heavy atom. The van der Waals surface area contributed by atoms with E-state index < -0.39 is 0 Å². The summed E-state index contributed by atoms with van der Waals surface area (Å²) in [5, 5.41) is 8.49. The molecule has 0 spiro atoms. The van der Waals surface area contributed by atoms with Crippen molar-refractivity contribution >= 4 is 23.3 Å². The van der Waals surface area contributed by atoms with Crippen molar-refractivity contribution in [3.8, 4) is 0 Å². The summed E-state index contributed by atoms with van der Waals surface area (Å²) in [6.07, 6.45) is 2.12. The molecule has 0 bridgehead atoms. The highest BCUT2D eigenvalue weighted by molar-refractivity contribution is 5.93. The van der Waals surface area contributed by atoms with Gasteiger partial charge < -0.3 is 16.0 Å². The second kappa shape index (κ2) is 7.79. The molecule has 0 saturated heterocycles. The molecule has 0 atom stereocenters. The first kappa shape index (κ1) is 16.3. The van der Waals surface area contributed by atoms with E-state index in [1.165, 1.54) is 0 Å². The van der Waals surface area contributed by atoms with E-state index in [1.54, 1.807) is 24.3 Å². The van der Waals surface area contributed by atoms with Gasteiger partial charge in [-0.15, -0.1) is 0 Å². The van der Waals surface area contributed by atoms with Crippen LogP contribution in [0.25, 0.3) is 0 Å². The van der Waals surface area contributed by atoms with E-state index in [-0.39, 0.29) is 11.9 Å². The topological polar surface area (TPSA) is 73.5 Å². The van der Waals surface area contributed by atoms with Crippen LogP contribution in [0.5, 0.6) is 0 Å². The van der Waals surface area contributed by atoms with Crippen molar-refractivity contribution in [1.82, 2.24) is 10.2 Å². The van der Waals surface area contributed by atoms with E-state index in [9.17, 15) is 9.59 Å². The van der Waals surface area contributed by atoms with Gasteiger partial charge in [-0.2, -0.15) is 0 Å². The fourth-order valence-electron chi connectivity index (χ4n) is 2.07. The van der Waals surface area contributed by atoms with Gasteiger partial charge >= 0.3 is 6.03 Å². The molecule has 6 heteroatoms. The number of amides is 3. The Labute approximate surface area is 131 Å². The normalized spacial score (nSPS) is 13.8. The highest BCUT2D eigenvalue weighted by Gasteiger charge is 2.23. The standard InChI is InChI=1S/C16H24N4O2/c1-3-20(4-2)11-15(21)17-12-5-7-13(8-6-12)18-16(22)19-14-9-10-14/h5-8,14H,3-4,9-11H2,1-2H3,(H,17,21)(H2,18,19,22). The number of nitrogens with one attached hydrogen (secondary N) is 3. The Kier molecular flexibility index (Phi) is 5.77. The SMILES string of the molecule is CCN(CC)CC(=O)Nc1ccc(NC(=O)NC2CC2)cc1. The minimum atomic E-state index is -0.180. The highest BCUT2D eigenvalue weighted by Crippen LogP contribution is 2.19. The average molecular weight is 304 g/mol. The van der Waals surface area contributed by atoms with E-state index in [1.807, 2.05) is 18.7 Å². The first-order valence-electron chi connectivity index (χ1n) is 7.80. The smallest absolute Gasteiger partial charge is 0.319 e. The third-order valence-corrected chi connectivity index (χ3v) is 3.60. The summed E-state index contributed by atoms with van der Waals surface area (Å²) in [5.41, 5.74) is 1.44. The van der Waals surface area contributed by atoms with Gasteiger partial charge in [0.1, 0.15) is 0 Å². The second-order valence-electron chi connectivity index (χ2n) is 5.46. The maximum atomic E-state index is 11.9. The number of nitrogens with zero attached hydrogens (tertiary/aromatic N) is 1. The summed E-state index contributed by atoms with van der Waals surface area (Å²) in [6, 6.07) is 7.28. The Balaban J connectivity index is 1.80. The number of carbonyl (C=O) groups excluding carboxylic acids is 2. The summed E-state index contributed by atoms with van der Waals surface area (Å²) in [7, 11) is 0. The molecule has 120 valence electrons. The van der Waals surface area contributed by atoms with Crippen LogP contribution in [0.4, 0.5) is 16.2 Å². The van der Waals surface area contributed by atoms with E-state index in [0.717, 1.165) is 31.6 Å². The summed E-state index contributed by atoms with van der Waals surface area (Å²) >= 11 is 0. The van der Waals surface area contributed by atoms with E-state index in [0.29, 0.717) is 18.3 Å². The van der Waals surface area contributed by atoms with Gasteiger partial charge in [0, 0.05) is 17.4 Å². The molecule has 22 heavy (non-hydrogen) atoms. The molecule has 1 aliphatic carbocycles. The molecule has 1 aromatic rings. The summed E-state index contributed by atoms with van der Waals surface area (Å²) < 4.78 is 0. The zero-order valence-corrected chi connectivity index (χ0v) is 13.2. The number of likely N-dealkylation sites (N-methyl/N-ethyl adjacent to an activating group) is 1. The largest absolute Gasteiger partial charge is 0.335 e. The summed E-state index contributed by atoms with van der Waals surface area (Å²) in [5.74, 6) is -0.0316. The monoisotopic (exact) mass is 304 g/mol. The Bertz CT molecular complexity index is 507. The van der Waals surface area contributed by atoms with E-state index in [4.69, 9.17) is 0 Å². The Morgan fingerprint density at radius 3 is 2.09 bits per heavy atom. The molecule has 3 N–H and O–H groups in total. The molecule has 0 heterocycles. The molecule has 1 aromatic carbocycles. The predicted octanol–water partition coefficient (Wildman–Crippen LogP) is 2.25. The van der Waals surface area contributed by atoms with Crippen LogP contribution >= 0.6 is 0 Å². The van der Waals surface area contributed by atoms with Crippen LogP contribution in [-0.2, 0) is 4.79 Å². The van der Waals surface area contributed by atoms with Crippen LogP contribution in [0, 0.1) is 0 Å². The van der Waals surface area contributed by atoms with Crippen LogP contribution in [0.15, 0.2) is 24.3 Å². The molecular weight excluding hydrogens is 280 g/mol. The lowest BCUT2D eigenvalue weighted by molar-refractivity contribution is -0.117. The molecule has 2 rings (SSSR count). The van der Waals surface area contributed by atoms with Crippen molar-refractivity contribution in [1.29, 1.82) is 0 Å². The van der Waals surface area contributed by atoms with Crippen molar-refractivity contribution in [3.05, 3.63) is 24.3 Å². The lowest BCUT2D eigenvalue weighted by Crippen LogP contribution is -2.32. The quantitative estimate of drug-likeness (QED) is 0.723. The number of rotatable bonds is 7. The minimum absolute atomic E-state index is 0.0316. The van der Waals surface area contributed by atoms with Crippen molar-refractivity contribution in [2.75, 3.05) is 30.3 Å². The molecule has 1 fully saturated rings. The number of benzene rings is 1. The van der Waals surface area contributed by atoms with Crippen molar-refractivity contribution in [3.63, 3.8) is 0 Å². The van der Waals surface area contributed by atoms with Gasteiger partial charge in [0.25, 0.3) is 0 Å². The van der Waals surface area contributed by atoms with Crippen molar-refractivity contribution < 1.29 is 9.59 Å². The van der Waals surface area contributed by atoms with Crippen LogP contribution in [-0.4, -0.2) is 42.5 Å². The zero-order valence-electron chi connectivity index (χ0n) is 13.2. The van der Waals surface area contributed by atoms with E-state index in [2.05, 4.69) is 16.0 Å². The van der Waals surface area contributed by atoms with Gasteiger partial charge in [-0.05, 0) is 50.2 Å². The predicted molar refractivity (Wildman–Crippen MR) is 88.0 cm³/mol. The summed E-state index contributed by atoms with van der Waals surface area (Å²) in [6.45, 7) is 6.15. The lowest BCUT2D eigenvalue weighted by atomic mass is 10.2. The number of hydrogen-bond donors (Lipinski definition) is 3. The molecule has 6 nitrogen and oxygen atoms in total. The Morgan fingerprint density at radius 1 is 1.05 bits per heavy atom. The third-order valence-electron chi connectivity index (χ3n) is 3.60. The molecule has 3 amide bonds. The lowest BCUT2D eigenvalue weighted by Gasteiger charge is -2.17. The number of carbonyl (C=O) groups is 2. The molecule has 1 saturated carbocycles. The highest BCUT2D eigenvalue weighted by atomic mass is 16.2. The van der Waals surface area contributed by atoms with Crippen LogP contribution < -0.4 is 16.0 Å². The minimum Gasteiger partial charge on any atom is -0.335 e. The van der Waals surface area contributed by atoms with Crippen molar-refractivity contribution in [2.24, 2.45) is 0 Å². The second-order valence-corrected chi connectivity index (χ2v) is 5.46. The average Bonchev–Trinajstić information content (AvgIpc) is 3.30. The fourth-order valence-corrected chi connectivity index (χ4v) is 2.07. The van der Waals surface area contributed by atoms with E-state index >= 15 is 0 Å².